The number of aryl methyl sites for hydroxylation is 1. The lowest BCUT2D eigenvalue weighted by molar-refractivity contribution is -0.112. The number of anilines is 1. The average Bonchev–Trinajstić information content (AvgIpc) is 2.74. The first-order chi connectivity index (χ1) is 15.3. The predicted octanol–water partition coefficient (Wildman–Crippen LogP) is 7.44. The first-order valence-electron chi connectivity index (χ1n) is 9.32. The van der Waals surface area contributed by atoms with Crippen LogP contribution in [0.25, 0.3) is 6.08 Å². The highest BCUT2D eigenvalue weighted by Crippen LogP contribution is 2.36. The summed E-state index contributed by atoms with van der Waals surface area (Å²) >= 11 is 13.0. The van der Waals surface area contributed by atoms with E-state index < -0.39 is 5.91 Å². The Balaban J connectivity index is 1.77. The number of ether oxygens (including phenoxy) is 1. The Kier molecular flexibility index (Phi) is 8.08. The van der Waals surface area contributed by atoms with Crippen LogP contribution in [-0.4, -0.2) is 5.91 Å². The molecule has 0 radical (unpaired) electrons. The van der Waals surface area contributed by atoms with E-state index in [1.807, 2.05) is 13.0 Å². The number of halogens is 4. The maximum atomic E-state index is 13.4. The van der Waals surface area contributed by atoms with Crippen molar-refractivity contribution < 1.29 is 13.9 Å². The van der Waals surface area contributed by atoms with Crippen LogP contribution in [0.4, 0.5) is 10.1 Å². The standard InChI is InChI=1S/C24H16Br2ClFN2O2/c1-14-5-6-19(11-22(14)27)30-24(31)17(12-29)7-16-9-20(25)23(21(26)10-16)32-13-15-3-2-4-18(28)8-15/h2-11H,13H2,1H3,(H,30,31)/b17-7-. The van der Waals surface area contributed by atoms with Gasteiger partial charge in [0.2, 0.25) is 0 Å². The number of rotatable bonds is 6. The molecule has 0 atom stereocenters. The van der Waals surface area contributed by atoms with Crippen LogP contribution < -0.4 is 10.1 Å². The van der Waals surface area contributed by atoms with E-state index >= 15 is 0 Å². The molecule has 0 saturated heterocycles. The van der Waals surface area contributed by atoms with E-state index in [4.69, 9.17) is 16.3 Å². The van der Waals surface area contributed by atoms with Crippen LogP contribution in [0.3, 0.4) is 0 Å². The largest absolute Gasteiger partial charge is 0.487 e. The fraction of sp³-hybridized carbons (Fsp3) is 0.0833. The third kappa shape index (κ3) is 6.19. The molecule has 0 heterocycles. The number of nitrogens with one attached hydrogen (secondary N) is 1. The highest BCUT2D eigenvalue weighted by atomic mass is 79.9. The zero-order valence-corrected chi connectivity index (χ0v) is 20.7. The number of hydrogen-bond donors (Lipinski definition) is 1. The van der Waals surface area contributed by atoms with Crippen molar-refractivity contribution in [3.05, 3.63) is 96.6 Å². The number of carbonyl (C=O) groups is 1. The maximum Gasteiger partial charge on any atom is 0.266 e. The lowest BCUT2D eigenvalue weighted by Gasteiger charge is -2.12. The van der Waals surface area contributed by atoms with Gasteiger partial charge in [-0.1, -0.05) is 29.8 Å². The van der Waals surface area contributed by atoms with Crippen molar-refractivity contribution in [2.45, 2.75) is 13.5 Å². The van der Waals surface area contributed by atoms with Crippen molar-refractivity contribution in [3.8, 4) is 11.8 Å². The van der Waals surface area contributed by atoms with Crippen molar-refractivity contribution in [3.63, 3.8) is 0 Å². The van der Waals surface area contributed by atoms with E-state index in [1.54, 1.807) is 42.5 Å². The summed E-state index contributed by atoms with van der Waals surface area (Å²) in [6.45, 7) is 2.03. The van der Waals surface area contributed by atoms with Crippen LogP contribution in [0.2, 0.25) is 5.02 Å². The first kappa shape index (κ1) is 24.0. The molecule has 3 rings (SSSR count). The lowest BCUT2D eigenvalue weighted by atomic mass is 10.1. The van der Waals surface area contributed by atoms with Crippen molar-refractivity contribution >= 4 is 61.1 Å². The fourth-order valence-corrected chi connectivity index (χ4v) is 4.40. The van der Waals surface area contributed by atoms with Gasteiger partial charge in [0.15, 0.2) is 0 Å². The number of benzene rings is 3. The molecule has 3 aromatic carbocycles. The topological polar surface area (TPSA) is 62.1 Å². The molecule has 0 aliphatic carbocycles. The minimum absolute atomic E-state index is 0.0751. The van der Waals surface area contributed by atoms with E-state index in [0.29, 0.717) is 36.5 Å². The third-order valence-corrected chi connectivity index (χ3v) is 5.98. The number of nitriles is 1. The first-order valence-corrected chi connectivity index (χ1v) is 11.3. The molecule has 0 saturated carbocycles. The zero-order valence-electron chi connectivity index (χ0n) is 16.8. The lowest BCUT2D eigenvalue weighted by Crippen LogP contribution is -2.13. The zero-order chi connectivity index (χ0) is 23.3. The van der Waals surface area contributed by atoms with E-state index in [-0.39, 0.29) is 18.0 Å². The summed E-state index contributed by atoms with van der Waals surface area (Å²) in [5.41, 5.74) is 2.60. The van der Waals surface area contributed by atoms with Crippen molar-refractivity contribution in [2.75, 3.05) is 5.32 Å². The molecule has 0 fully saturated rings. The molecule has 0 spiro atoms. The molecular weight excluding hydrogens is 563 g/mol. The van der Waals surface area contributed by atoms with E-state index in [0.717, 1.165) is 5.56 Å². The molecule has 0 aromatic heterocycles. The van der Waals surface area contributed by atoms with Crippen LogP contribution >= 0.6 is 43.5 Å². The number of hydrogen-bond acceptors (Lipinski definition) is 3. The molecule has 0 aliphatic heterocycles. The summed E-state index contributed by atoms with van der Waals surface area (Å²) in [5.74, 6) is -0.366. The second kappa shape index (κ2) is 10.8. The number of carbonyl (C=O) groups excluding carboxylic acids is 1. The van der Waals surface area contributed by atoms with Gasteiger partial charge in [-0.25, -0.2) is 4.39 Å². The van der Waals surface area contributed by atoms with Gasteiger partial charge in [0.1, 0.15) is 29.8 Å². The summed E-state index contributed by atoms with van der Waals surface area (Å²) in [6, 6.07) is 16.6. The Morgan fingerprint density at radius 1 is 1.19 bits per heavy atom. The fourth-order valence-electron chi connectivity index (χ4n) is 2.77. The Morgan fingerprint density at radius 2 is 1.91 bits per heavy atom. The van der Waals surface area contributed by atoms with Gasteiger partial charge in [-0.15, -0.1) is 0 Å². The molecule has 0 aliphatic rings. The Bertz CT molecular complexity index is 1230. The van der Waals surface area contributed by atoms with Gasteiger partial charge in [-0.3, -0.25) is 4.79 Å². The smallest absolute Gasteiger partial charge is 0.266 e. The van der Waals surface area contributed by atoms with Gasteiger partial charge in [0.25, 0.3) is 5.91 Å². The van der Waals surface area contributed by atoms with E-state index in [9.17, 15) is 14.4 Å². The second-order valence-corrected chi connectivity index (χ2v) is 8.94. The van der Waals surface area contributed by atoms with Gasteiger partial charge in [-0.05, 0) is 97.9 Å². The van der Waals surface area contributed by atoms with Crippen LogP contribution in [-0.2, 0) is 11.4 Å². The summed E-state index contributed by atoms with van der Waals surface area (Å²) in [4.78, 5) is 12.5. The molecule has 1 amide bonds. The van der Waals surface area contributed by atoms with Crippen molar-refractivity contribution in [2.24, 2.45) is 0 Å². The van der Waals surface area contributed by atoms with Crippen molar-refractivity contribution in [1.29, 1.82) is 5.26 Å². The molecular formula is C24H16Br2ClFN2O2. The quantitative estimate of drug-likeness (QED) is 0.244. The molecule has 0 unspecified atom stereocenters. The van der Waals surface area contributed by atoms with E-state index in [2.05, 4.69) is 37.2 Å². The Hall–Kier alpha value is -2.66. The molecule has 3 aromatic rings. The predicted molar refractivity (Wildman–Crippen MR) is 131 cm³/mol. The van der Waals surface area contributed by atoms with Crippen LogP contribution in [0.15, 0.2) is 69.1 Å². The minimum Gasteiger partial charge on any atom is -0.487 e. The molecule has 32 heavy (non-hydrogen) atoms. The Labute approximate surface area is 206 Å². The summed E-state index contributed by atoms with van der Waals surface area (Å²) in [5, 5.41) is 12.7. The van der Waals surface area contributed by atoms with Gasteiger partial charge in [-0.2, -0.15) is 5.26 Å². The number of nitrogens with zero attached hydrogens (tertiary/aromatic N) is 1. The molecule has 0 bridgehead atoms. The molecule has 8 heteroatoms. The van der Waals surface area contributed by atoms with Gasteiger partial charge >= 0.3 is 0 Å². The Morgan fingerprint density at radius 3 is 2.53 bits per heavy atom. The minimum atomic E-state index is -0.550. The highest BCUT2D eigenvalue weighted by Gasteiger charge is 2.13. The summed E-state index contributed by atoms with van der Waals surface area (Å²) in [7, 11) is 0. The van der Waals surface area contributed by atoms with Crippen molar-refractivity contribution in [1.82, 2.24) is 0 Å². The summed E-state index contributed by atoms with van der Waals surface area (Å²) < 4.78 is 20.4. The van der Waals surface area contributed by atoms with Crippen LogP contribution in [0.5, 0.6) is 5.75 Å². The third-order valence-electron chi connectivity index (χ3n) is 4.40. The normalized spacial score (nSPS) is 11.1. The maximum absolute atomic E-state index is 13.4. The molecule has 4 nitrogen and oxygen atoms in total. The van der Waals surface area contributed by atoms with E-state index in [1.165, 1.54) is 18.2 Å². The molecule has 1 N–H and O–H groups in total. The van der Waals surface area contributed by atoms with Gasteiger partial charge < -0.3 is 10.1 Å². The average molecular weight is 579 g/mol. The highest BCUT2D eigenvalue weighted by molar-refractivity contribution is 9.11. The second-order valence-electron chi connectivity index (χ2n) is 6.82. The molecule has 162 valence electrons. The van der Waals surface area contributed by atoms with Crippen LogP contribution in [0.1, 0.15) is 16.7 Å². The van der Waals surface area contributed by atoms with Gasteiger partial charge in [0.05, 0.1) is 8.95 Å². The van der Waals surface area contributed by atoms with Crippen LogP contribution in [0, 0.1) is 24.1 Å². The SMILES string of the molecule is Cc1ccc(NC(=O)/C(C#N)=C\c2cc(Br)c(OCc3cccc(F)c3)c(Br)c2)cc1Cl. The van der Waals surface area contributed by atoms with Gasteiger partial charge in [0, 0.05) is 10.7 Å². The number of amides is 1. The summed E-state index contributed by atoms with van der Waals surface area (Å²) in [6.07, 6.45) is 1.47. The monoisotopic (exact) mass is 576 g/mol.